The van der Waals surface area contributed by atoms with E-state index < -0.39 is 0 Å². The van der Waals surface area contributed by atoms with Crippen LogP contribution >= 0.6 is 11.8 Å². The first kappa shape index (κ1) is 19.2. The zero-order valence-electron chi connectivity index (χ0n) is 15.8. The summed E-state index contributed by atoms with van der Waals surface area (Å²) < 4.78 is 2.02. The zero-order valence-corrected chi connectivity index (χ0v) is 16.6. The molecule has 0 spiro atoms. The number of rotatable bonds is 7. The van der Waals surface area contributed by atoms with E-state index in [4.69, 9.17) is 0 Å². The van der Waals surface area contributed by atoms with Crippen LogP contribution in [0, 0.1) is 0 Å². The molecule has 3 aromatic rings. The maximum atomic E-state index is 12.7. The van der Waals surface area contributed by atoms with Gasteiger partial charge < -0.3 is 10.4 Å². The molecule has 1 fully saturated rings. The lowest BCUT2D eigenvalue weighted by Crippen LogP contribution is -2.09. The van der Waals surface area contributed by atoms with Crippen molar-refractivity contribution < 1.29 is 14.7 Å². The van der Waals surface area contributed by atoms with E-state index in [1.807, 2.05) is 34.9 Å². The van der Waals surface area contributed by atoms with E-state index >= 15 is 0 Å². The summed E-state index contributed by atoms with van der Waals surface area (Å²) in [5.74, 6) is 0.996. The van der Waals surface area contributed by atoms with Gasteiger partial charge in [0.15, 0.2) is 10.9 Å². The smallest absolute Gasteiger partial charge is 0.221 e. The first-order valence-electron chi connectivity index (χ1n) is 9.30. The molecule has 4 rings (SSSR count). The van der Waals surface area contributed by atoms with Gasteiger partial charge in [0.05, 0.1) is 11.4 Å². The summed E-state index contributed by atoms with van der Waals surface area (Å²) in [6.45, 7) is 1.34. The molecule has 1 saturated carbocycles. The van der Waals surface area contributed by atoms with Crippen LogP contribution in [0.1, 0.15) is 41.9 Å². The van der Waals surface area contributed by atoms with Gasteiger partial charge in [0.2, 0.25) is 5.91 Å². The van der Waals surface area contributed by atoms with Gasteiger partial charge in [-0.15, -0.1) is 10.2 Å². The molecule has 1 aromatic heterocycles. The normalized spacial score (nSPS) is 13.3. The molecular weight excluding hydrogens is 388 g/mol. The minimum Gasteiger partial charge on any atom is -0.506 e. The highest BCUT2D eigenvalue weighted by Gasteiger charge is 2.31. The maximum absolute atomic E-state index is 12.7. The highest BCUT2D eigenvalue weighted by Crippen LogP contribution is 2.41. The molecule has 2 aromatic carbocycles. The molecule has 7 nitrogen and oxygen atoms in total. The third kappa shape index (κ3) is 4.32. The van der Waals surface area contributed by atoms with Crippen LogP contribution < -0.4 is 5.32 Å². The van der Waals surface area contributed by atoms with Crippen molar-refractivity contribution in [3.8, 4) is 11.4 Å². The van der Waals surface area contributed by atoms with Crippen molar-refractivity contribution in [1.29, 1.82) is 0 Å². The van der Waals surface area contributed by atoms with Crippen LogP contribution in [0.3, 0.4) is 0 Å². The number of phenols is 1. The topological polar surface area (TPSA) is 97.1 Å². The van der Waals surface area contributed by atoms with Crippen molar-refractivity contribution in [3.05, 3.63) is 59.9 Å². The summed E-state index contributed by atoms with van der Waals surface area (Å²) in [4.78, 5) is 24.0. The van der Waals surface area contributed by atoms with Gasteiger partial charge in [-0.1, -0.05) is 30.0 Å². The number of aromatic hydroxyl groups is 1. The molecule has 0 bridgehead atoms. The number of nitrogens with one attached hydrogen (secondary N) is 1. The summed E-state index contributed by atoms with van der Waals surface area (Å²) >= 11 is 1.32. The van der Waals surface area contributed by atoms with Crippen molar-refractivity contribution in [2.24, 2.45) is 0 Å². The average Bonchev–Trinajstić information content (AvgIpc) is 3.47. The molecular formula is C21H20N4O3S. The predicted molar refractivity (Wildman–Crippen MR) is 111 cm³/mol. The average molecular weight is 408 g/mol. The van der Waals surface area contributed by atoms with Gasteiger partial charge in [-0.3, -0.25) is 14.2 Å². The largest absolute Gasteiger partial charge is 0.506 e. The summed E-state index contributed by atoms with van der Waals surface area (Å²) in [6.07, 6.45) is 2.21. The number of nitrogens with zero attached hydrogens (tertiary/aromatic N) is 3. The van der Waals surface area contributed by atoms with E-state index in [2.05, 4.69) is 15.5 Å². The summed E-state index contributed by atoms with van der Waals surface area (Å²) in [6, 6.07) is 14.3. The molecule has 1 aliphatic rings. The summed E-state index contributed by atoms with van der Waals surface area (Å²) in [7, 11) is 0. The monoisotopic (exact) mass is 408 g/mol. The molecule has 148 valence electrons. The fourth-order valence-corrected chi connectivity index (χ4v) is 3.87. The number of phenolic OH excluding ortho intramolecular Hbond substituents is 1. The SMILES string of the molecule is CC(=O)Nc1cc(C(=O)CSc2nnc(C3CC3)n2-c2ccccc2)ccc1O. The first-order chi connectivity index (χ1) is 14.0. The van der Waals surface area contributed by atoms with Crippen molar-refractivity contribution >= 4 is 29.1 Å². The number of ketones is 1. The lowest BCUT2D eigenvalue weighted by atomic mass is 10.1. The van der Waals surface area contributed by atoms with Gasteiger partial charge in [0.1, 0.15) is 11.6 Å². The predicted octanol–water partition coefficient (Wildman–Crippen LogP) is 3.78. The second-order valence-electron chi connectivity index (χ2n) is 6.91. The lowest BCUT2D eigenvalue weighted by molar-refractivity contribution is -0.114. The van der Waals surface area contributed by atoms with Gasteiger partial charge in [-0.2, -0.15) is 0 Å². The van der Waals surface area contributed by atoms with Gasteiger partial charge in [-0.25, -0.2) is 0 Å². The fraction of sp³-hybridized carbons (Fsp3) is 0.238. The van der Waals surface area contributed by atoms with Crippen molar-refractivity contribution in [1.82, 2.24) is 14.8 Å². The Kier molecular flexibility index (Phi) is 5.35. The quantitative estimate of drug-likeness (QED) is 0.351. The van der Waals surface area contributed by atoms with Gasteiger partial charge in [-0.05, 0) is 43.2 Å². The summed E-state index contributed by atoms with van der Waals surface area (Å²) in [5, 5.41) is 21.7. The van der Waals surface area contributed by atoms with E-state index in [0.29, 0.717) is 16.6 Å². The number of anilines is 1. The van der Waals surface area contributed by atoms with Crippen LogP contribution in [-0.4, -0.2) is 37.3 Å². The Labute approximate surface area is 172 Å². The van der Waals surface area contributed by atoms with Crippen molar-refractivity contribution in [3.63, 3.8) is 0 Å². The minimum atomic E-state index is -0.317. The van der Waals surface area contributed by atoms with E-state index in [1.54, 1.807) is 6.07 Å². The van der Waals surface area contributed by atoms with Crippen LogP contribution in [0.5, 0.6) is 5.75 Å². The molecule has 0 unspecified atom stereocenters. The van der Waals surface area contributed by atoms with Gasteiger partial charge in [0.25, 0.3) is 0 Å². The Bertz CT molecular complexity index is 1060. The molecule has 1 amide bonds. The second kappa shape index (κ2) is 8.08. The summed E-state index contributed by atoms with van der Waals surface area (Å²) in [5.41, 5.74) is 1.61. The number of hydrogen-bond donors (Lipinski definition) is 2. The minimum absolute atomic E-state index is 0.0812. The van der Waals surface area contributed by atoms with Gasteiger partial charge in [0, 0.05) is 24.1 Å². The van der Waals surface area contributed by atoms with Crippen LogP contribution in [0.15, 0.2) is 53.7 Å². The number of hydrogen-bond acceptors (Lipinski definition) is 6. The Balaban J connectivity index is 1.54. The Morgan fingerprint density at radius 2 is 1.93 bits per heavy atom. The number of carbonyl (C=O) groups excluding carboxylic acids is 2. The molecule has 0 radical (unpaired) electrons. The van der Waals surface area contributed by atoms with E-state index in [0.717, 1.165) is 24.4 Å². The van der Waals surface area contributed by atoms with Crippen LogP contribution in [-0.2, 0) is 4.79 Å². The third-order valence-corrected chi connectivity index (χ3v) is 5.51. The fourth-order valence-electron chi connectivity index (χ4n) is 3.01. The number of aromatic nitrogens is 3. The maximum Gasteiger partial charge on any atom is 0.221 e. The molecule has 0 atom stereocenters. The molecule has 0 saturated heterocycles. The Hall–Kier alpha value is -3.13. The molecule has 1 aliphatic carbocycles. The van der Waals surface area contributed by atoms with Crippen LogP contribution in [0.2, 0.25) is 0 Å². The van der Waals surface area contributed by atoms with Crippen LogP contribution in [0.4, 0.5) is 5.69 Å². The van der Waals surface area contributed by atoms with E-state index in [-0.39, 0.29) is 28.9 Å². The highest BCUT2D eigenvalue weighted by molar-refractivity contribution is 7.99. The van der Waals surface area contributed by atoms with E-state index in [9.17, 15) is 14.7 Å². The molecule has 29 heavy (non-hydrogen) atoms. The number of para-hydroxylation sites is 1. The highest BCUT2D eigenvalue weighted by atomic mass is 32.2. The Morgan fingerprint density at radius 1 is 1.17 bits per heavy atom. The van der Waals surface area contributed by atoms with E-state index in [1.165, 1.54) is 30.8 Å². The number of amides is 1. The van der Waals surface area contributed by atoms with Crippen LogP contribution in [0.25, 0.3) is 5.69 Å². The molecule has 2 N–H and O–H groups in total. The molecule has 8 heteroatoms. The molecule has 1 heterocycles. The first-order valence-corrected chi connectivity index (χ1v) is 10.3. The number of thioether (sulfide) groups is 1. The third-order valence-electron chi connectivity index (χ3n) is 4.58. The lowest BCUT2D eigenvalue weighted by Gasteiger charge is -2.10. The van der Waals surface area contributed by atoms with Crippen molar-refractivity contribution in [2.45, 2.75) is 30.8 Å². The standard InChI is InChI=1S/C21H20N4O3S/c1-13(26)22-17-11-15(9-10-18(17)27)19(28)12-29-21-24-23-20(14-7-8-14)25(21)16-5-3-2-4-6-16/h2-6,9-11,14,27H,7-8,12H2,1H3,(H,22,26). The second-order valence-corrected chi connectivity index (χ2v) is 7.85. The number of benzene rings is 2. The molecule has 0 aliphatic heterocycles. The number of carbonyl (C=O) groups is 2. The Morgan fingerprint density at radius 3 is 2.62 bits per heavy atom. The van der Waals surface area contributed by atoms with Gasteiger partial charge >= 0.3 is 0 Å². The zero-order chi connectivity index (χ0) is 20.4. The van der Waals surface area contributed by atoms with Crippen molar-refractivity contribution in [2.75, 3.05) is 11.1 Å². The number of Topliss-reactive ketones (excluding diaryl/α,β-unsaturated/α-hetero) is 1.